The zero-order valence-electron chi connectivity index (χ0n) is 9.13. The first-order chi connectivity index (χ1) is 8.13. The van der Waals surface area contributed by atoms with E-state index < -0.39 is 0 Å². The molecular formula is C11H10BrN3O2. The number of halogens is 1. The summed E-state index contributed by atoms with van der Waals surface area (Å²) in [6.07, 6.45) is 4.10. The van der Waals surface area contributed by atoms with Gasteiger partial charge in [0.05, 0.1) is 4.92 Å². The van der Waals surface area contributed by atoms with Gasteiger partial charge in [-0.3, -0.25) is 14.7 Å². The van der Waals surface area contributed by atoms with E-state index >= 15 is 0 Å². The molecular weight excluding hydrogens is 286 g/mol. The van der Waals surface area contributed by atoms with Gasteiger partial charge < -0.3 is 0 Å². The van der Waals surface area contributed by atoms with Crippen molar-refractivity contribution in [2.45, 2.75) is 13.3 Å². The van der Waals surface area contributed by atoms with Crippen molar-refractivity contribution in [1.82, 2.24) is 9.55 Å². The van der Waals surface area contributed by atoms with Crippen molar-refractivity contribution in [3.05, 3.63) is 51.0 Å². The third-order valence-electron chi connectivity index (χ3n) is 2.43. The third kappa shape index (κ3) is 2.21. The summed E-state index contributed by atoms with van der Waals surface area (Å²) in [6, 6.07) is 4.99. The van der Waals surface area contributed by atoms with E-state index in [4.69, 9.17) is 0 Å². The van der Waals surface area contributed by atoms with Gasteiger partial charge in [0.1, 0.15) is 11.5 Å². The topological polar surface area (TPSA) is 61.0 Å². The van der Waals surface area contributed by atoms with E-state index in [9.17, 15) is 10.1 Å². The van der Waals surface area contributed by atoms with E-state index in [1.807, 2.05) is 6.92 Å². The van der Waals surface area contributed by atoms with Crippen LogP contribution >= 0.6 is 15.9 Å². The molecule has 1 heterocycles. The maximum Gasteiger partial charge on any atom is 0.294 e. The fourth-order valence-corrected chi connectivity index (χ4v) is 2.01. The molecule has 0 spiro atoms. The SMILES string of the molecule is CCc1nccn1-c1ccc(Br)cc1[N+](=O)[O-]. The van der Waals surface area contributed by atoms with Crippen LogP contribution in [0.1, 0.15) is 12.7 Å². The normalized spacial score (nSPS) is 10.5. The summed E-state index contributed by atoms with van der Waals surface area (Å²) in [5.74, 6) is 0.801. The molecule has 1 aromatic heterocycles. The van der Waals surface area contributed by atoms with Gasteiger partial charge in [-0.25, -0.2) is 4.98 Å². The molecule has 17 heavy (non-hydrogen) atoms. The van der Waals surface area contributed by atoms with Gasteiger partial charge in [-0.05, 0) is 12.1 Å². The van der Waals surface area contributed by atoms with Crippen LogP contribution in [0.15, 0.2) is 35.1 Å². The van der Waals surface area contributed by atoms with Crippen molar-refractivity contribution < 1.29 is 4.92 Å². The average molecular weight is 296 g/mol. The molecule has 88 valence electrons. The minimum atomic E-state index is -0.389. The first-order valence-electron chi connectivity index (χ1n) is 5.10. The largest absolute Gasteiger partial charge is 0.298 e. The van der Waals surface area contributed by atoms with Gasteiger partial charge in [-0.2, -0.15) is 0 Å². The molecule has 0 bridgehead atoms. The molecule has 0 atom stereocenters. The summed E-state index contributed by atoms with van der Waals surface area (Å²) < 4.78 is 2.43. The zero-order chi connectivity index (χ0) is 12.4. The van der Waals surface area contributed by atoms with Crippen LogP contribution in [0.5, 0.6) is 0 Å². The summed E-state index contributed by atoms with van der Waals surface area (Å²) in [5, 5.41) is 11.0. The van der Waals surface area contributed by atoms with Crippen molar-refractivity contribution >= 4 is 21.6 Å². The minimum Gasteiger partial charge on any atom is -0.298 e. The Labute approximate surface area is 106 Å². The fourth-order valence-electron chi connectivity index (χ4n) is 1.66. The van der Waals surface area contributed by atoms with Gasteiger partial charge in [0, 0.05) is 29.4 Å². The molecule has 5 nitrogen and oxygen atoms in total. The van der Waals surface area contributed by atoms with E-state index in [2.05, 4.69) is 20.9 Å². The Morgan fingerprint density at radius 1 is 1.53 bits per heavy atom. The van der Waals surface area contributed by atoms with Crippen LogP contribution in [-0.4, -0.2) is 14.5 Å². The lowest BCUT2D eigenvalue weighted by Gasteiger charge is -2.07. The number of rotatable bonds is 3. The lowest BCUT2D eigenvalue weighted by atomic mass is 10.2. The van der Waals surface area contributed by atoms with Crippen LogP contribution in [0.4, 0.5) is 5.69 Å². The summed E-state index contributed by atoms with van der Waals surface area (Å²) in [5.41, 5.74) is 0.597. The van der Waals surface area contributed by atoms with Crippen LogP contribution in [0.25, 0.3) is 5.69 Å². The molecule has 6 heteroatoms. The van der Waals surface area contributed by atoms with Gasteiger partial charge in [0.2, 0.25) is 0 Å². The van der Waals surface area contributed by atoms with E-state index in [-0.39, 0.29) is 10.6 Å². The highest BCUT2D eigenvalue weighted by molar-refractivity contribution is 9.10. The van der Waals surface area contributed by atoms with Gasteiger partial charge >= 0.3 is 0 Å². The first-order valence-corrected chi connectivity index (χ1v) is 5.89. The van der Waals surface area contributed by atoms with Crippen molar-refractivity contribution in [3.8, 4) is 5.69 Å². The Morgan fingerprint density at radius 2 is 2.29 bits per heavy atom. The summed E-state index contributed by atoms with van der Waals surface area (Å²) in [6.45, 7) is 1.96. The molecule has 0 fully saturated rings. The van der Waals surface area contributed by atoms with E-state index in [0.29, 0.717) is 10.2 Å². The summed E-state index contributed by atoms with van der Waals surface area (Å²) in [4.78, 5) is 14.8. The predicted octanol–water partition coefficient (Wildman–Crippen LogP) is 3.11. The summed E-state index contributed by atoms with van der Waals surface area (Å²) >= 11 is 3.23. The van der Waals surface area contributed by atoms with Crippen molar-refractivity contribution in [1.29, 1.82) is 0 Å². The molecule has 0 aliphatic rings. The average Bonchev–Trinajstić information content (AvgIpc) is 2.76. The van der Waals surface area contributed by atoms with E-state index in [0.717, 1.165) is 12.2 Å². The van der Waals surface area contributed by atoms with Crippen molar-refractivity contribution in [3.63, 3.8) is 0 Å². The number of nitro groups is 1. The molecule has 0 radical (unpaired) electrons. The van der Waals surface area contributed by atoms with Crippen LogP contribution in [0.3, 0.4) is 0 Å². The second-order valence-electron chi connectivity index (χ2n) is 3.46. The molecule has 2 aromatic rings. The Kier molecular flexibility index (Phi) is 3.23. The molecule has 0 unspecified atom stereocenters. The van der Waals surface area contributed by atoms with Crippen molar-refractivity contribution in [2.24, 2.45) is 0 Å². The maximum atomic E-state index is 11.0. The minimum absolute atomic E-state index is 0.0621. The third-order valence-corrected chi connectivity index (χ3v) is 2.92. The smallest absolute Gasteiger partial charge is 0.294 e. The first kappa shape index (κ1) is 11.8. The second-order valence-corrected chi connectivity index (χ2v) is 4.37. The number of hydrogen-bond donors (Lipinski definition) is 0. The van der Waals surface area contributed by atoms with Crippen LogP contribution in [0, 0.1) is 10.1 Å². The molecule has 0 N–H and O–H groups in total. The van der Waals surface area contributed by atoms with Crippen LogP contribution in [0.2, 0.25) is 0 Å². The predicted molar refractivity (Wildman–Crippen MR) is 67.3 cm³/mol. The standard InChI is InChI=1S/C11H10BrN3O2/c1-2-11-13-5-6-14(11)9-4-3-8(12)7-10(9)15(16)17/h3-7H,2H2,1H3. The lowest BCUT2D eigenvalue weighted by molar-refractivity contribution is -0.384. The number of aryl methyl sites for hydroxylation is 1. The zero-order valence-corrected chi connectivity index (χ0v) is 10.7. The van der Waals surface area contributed by atoms with Crippen LogP contribution < -0.4 is 0 Å². The monoisotopic (exact) mass is 295 g/mol. The summed E-state index contributed by atoms with van der Waals surface area (Å²) in [7, 11) is 0. The second kappa shape index (κ2) is 4.67. The van der Waals surface area contributed by atoms with Gasteiger partial charge in [0.25, 0.3) is 5.69 Å². The number of nitrogens with zero attached hydrogens (tertiary/aromatic N) is 3. The van der Waals surface area contributed by atoms with Crippen LogP contribution in [-0.2, 0) is 6.42 Å². The molecule has 0 saturated heterocycles. The highest BCUT2D eigenvalue weighted by Gasteiger charge is 2.17. The molecule has 0 saturated carbocycles. The molecule has 0 aliphatic carbocycles. The Bertz CT molecular complexity index is 566. The van der Waals surface area contributed by atoms with Gasteiger partial charge in [0.15, 0.2) is 0 Å². The molecule has 2 rings (SSSR count). The highest BCUT2D eigenvalue weighted by atomic mass is 79.9. The molecule has 1 aromatic carbocycles. The molecule has 0 amide bonds. The number of imidazole rings is 1. The number of nitro benzene ring substituents is 1. The number of hydrogen-bond acceptors (Lipinski definition) is 3. The highest BCUT2D eigenvalue weighted by Crippen LogP contribution is 2.27. The Balaban J connectivity index is 2.63. The van der Waals surface area contributed by atoms with E-state index in [1.165, 1.54) is 6.07 Å². The number of aromatic nitrogens is 2. The van der Waals surface area contributed by atoms with Gasteiger partial charge in [-0.15, -0.1) is 0 Å². The lowest BCUT2D eigenvalue weighted by Crippen LogP contribution is -2.03. The Morgan fingerprint density at radius 3 is 2.94 bits per heavy atom. The maximum absolute atomic E-state index is 11.0. The Hall–Kier alpha value is -1.69. The fraction of sp³-hybridized carbons (Fsp3) is 0.182. The molecule has 0 aliphatic heterocycles. The number of benzene rings is 1. The van der Waals surface area contributed by atoms with Gasteiger partial charge in [-0.1, -0.05) is 22.9 Å². The quantitative estimate of drug-likeness (QED) is 0.646. The van der Waals surface area contributed by atoms with Crippen molar-refractivity contribution in [2.75, 3.05) is 0 Å². The van der Waals surface area contributed by atoms with E-state index in [1.54, 1.807) is 29.1 Å².